The van der Waals surface area contributed by atoms with Crippen molar-refractivity contribution in [3.05, 3.63) is 71.8 Å². The van der Waals surface area contributed by atoms with Crippen LogP contribution < -0.4 is 32.3 Å². The summed E-state index contributed by atoms with van der Waals surface area (Å²) in [5, 5.41) is 14.0. The number of amides is 8. The zero-order chi connectivity index (χ0) is 43.5. The highest BCUT2D eigenvalue weighted by molar-refractivity contribution is 6.00. The van der Waals surface area contributed by atoms with Gasteiger partial charge in [0.15, 0.2) is 0 Å². The van der Waals surface area contributed by atoms with Crippen molar-refractivity contribution in [1.29, 1.82) is 0 Å². The van der Waals surface area contributed by atoms with Crippen LogP contribution in [0.5, 0.6) is 0 Å². The Labute approximate surface area is 351 Å². The van der Waals surface area contributed by atoms with Crippen LogP contribution in [0.1, 0.15) is 83.8 Å². The molecule has 2 aromatic rings. The molecule has 3 fully saturated rings. The summed E-state index contributed by atoms with van der Waals surface area (Å²) in [5.41, 5.74) is 7.04. The molecule has 7 N–H and O–H groups in total. The van der Waals surface area contributed by atoms with E-state index < -0.39 is 102 Å². The Morgan fingerprint density at radius 2 is 0.967 bits per heavy atom. The van der Waals surface area contributed by atoms with Crippen LogP contribution in [0.2, 0.25) is 0 Å². The Morgan fingerprint density at radius 3 is 1.35 bits per heavy atom. The van der Waals surface area contributed by atoms with Crippen molar-refractivity contribution >= 4 is 47.3 Å². The van der Waals surface area contributed by atoms with E-state index in [-0.39, 0.29) is 31.8 Å². The summed E-state index contributed by atoms with van der Waals surface area (Å²) in [6.45, 7) is 7.69. The molecule has 0 saturated carbocycles. The molecule has 3 aliphatic rings. The van der Waals surface area contributed by atoms with Gasteiger partial charge >= 0.3 is 0 Å². The summed E-state index contributed by atoms with van der Waals surface area (Å²) in [6.07, 6.45) is 2.01. The van der Waals surface area contributed by atoms with Gasteiger partial charge in [0.2, 0.25) is 47.3 Å². The van der Waals surface area contributed by atoms with E-state index in [0.29, 0.717) is 44.1 Å². The molecule has 3 saturated heterocycles. The van der Waals surface area contributed by atoms with Crippen molar-refractivity contribution in [3.63, 3.8) is 0 Å². The number of nitrogens with two attached hydrogens (primary N) is 1. The number of hydrogen-bond acceptors (Lipinski definition) is 8. The van der Waals surface area contributed by atoms with Crippen LogP contribution in [0.15, 0.2) is 60.7 Å². The van der Waals surface area contributed by atoms with Gasteiger partial charge in [0, 0.05) is 25.9 Å². The molecule has 3 heterocycles. The van der Waals surface area contributed by atoms with Crippen LogP contribution in [0.4, 0.5) is 0 Å². The van der Waals surface area contributed by atoms with E-state index >= 15 is 0 Å². The first-order valence-corrected chi connectivity index (χ1v) is 21.2. The highest BCUT2D eigenvalue weighted by atomic mass is 16.2. The first-order valence-electron chi connectivity index (χ1n) is 21.2. The summed E-state index contributed by atoms with van der Waals surface area (Å²) in [5.74, 6) is -6.14. The van der Waals surface area contributed by atoms with Gasteiger partial charge in [-0.05, 0) is 48.6 Å². The molecule has 16 nitrogen and oxygen atoms in total. The number of carbonyl (C=O) groups is 8. The predicted octanol–water partition coefficient (Wildman–Crippen LogP) is 0.859. The maximum atomic E-state index is 14.5. The van der Waals surface area contributed by atoms with Crippen LogP contribution >= 0.6 is 0 Å². The maximum Gasteiger partial charge on any atom is 0.246 e. The van der Waals surface area contributed by atoms with Crippen molar-refractivity contribution in [2.24, 2.45) is 17.6 Å². The van der Waals surface area contributed by atoms with Crippen molar-refractivity contribution in [1.82, 2.24) is 36.4 Å². The van der Waals surface area contributed by atoms with Crippen molar-refractivity contribution in [2.75, 3.05) is 13.1 Å². The van der Waals surface area contributed by atoms with E-state index in [2.05, 4.69) is 26.6 Å². The van der Waals surface area contributed by atoms with E-state index in [1.54, 1.807) is 37.3 Å². The molecule has 324 valence electrons. The summed E-state index contributed by atoms with van der Waals surface area (Å²) >= 11 is 0. The normalized spacial score (nSPS) is 27.3. The monoisotopic (exact) mass is 828 g/mol. The average molecular weight is 829 g/mol. The summed E-state index contributed by atoms with van der Waals surface area (Å²) in [7, 11) is 0. The maximum absolute atomic E-state index is 14.5. The Morgan fingerprint density at radius 1 is 0.583 bits per heavy atom. The molecular weight excluding hydrogens is 769 g/mol. The van der Waals surface area contributed by atoms with Gasteiger partial charge in [-0.3, -0.25) is 38.4 Å². The number of benzene rings is 2. The molecule has 0 aromatic heterocycles. The van der Waals surface area contributed by atoms with Crippen molar-refractivity contribution < 1.29 is 38.4 Å². The van der Waals surface area contributed by atoms with Gasteiger partial charge in [0.25, 0.3) is 0 Å². The van der Waals surface area contributed by atoms with Gasteiger partial charge in [-0.25, -0.2) is 0 Å². The van der Waals surface area contributed by atoms with E-state index in [4.69, 9.17) is 5.73 Å². The SMILES string of the molecule is CCC(C)C1NC(=O)C2CCCN2C(=O)C(Cc2ccccc2)NC(=O)C(CC(N)=O)NC(=O)C(C(C)CC)NC(=O)C2CCCN2C(=O)C(Cc2ccccc2)NC1=O. The topological polar surface area (TPSA) is 229 Å². The third kappa shape index (κ3) is 11.3. The molecule has 60 heavy (non-hydrogen) atoms. The Balaban J connectivity index is 1.58. The molecule has 8 amide bonds. The molecule has 0 aliphatic carbocycles. The third-order valence-corrected chi connectivity index (χ3v) is 12.1. The summed E-state index contributed by atoms with van der Waals surface area (Å²) < 4.78 is 0. The summed E-state index contributed by atoms with van der Waals surface area (Å²) in [4.78, 5) is 115. The molecule has 9 atom stereocenters. The first kappa shape index (κ1) is 45.3. The molecular formula is C44H60N8O8. The minimum Gasteiger partial charge on any atom is -0.370 e. The van der Waals surface area contributed by atoms with Crippen LogP contribution in [-0.2, 0) is 51.2 Å². The number of rotatable bonds is 10. The minimum absolute atomic E-state index is 0.0195. The lowest BCUT2D eigenvalue weighted by Crippen LogP contribution is -2.61. The number of nitrogens with zero attached hydrogens (tertiary/aromatic N) is 2. The van der Waals surface area contributed by atoms with Crippen molar-refractivity contribution in [3.8, 4) is 0 Å². The van der Waals surface area contributed by atoms with Crippen LogP contribution in [-0.4, -0.2) is 112 Å². The fraction of sp³-hybridized carbons (Fsp3) is 0.545. The zero-order valence-electron chi connectivity index (χ0n) is 35.0. The van der Waals surface area contributed by atoms with E-state index in [0.717, 1.165) is 5.56 Å². The number of fused-ring (bicyclic) bond motifs is 2. The van der Waals surface area contributed by atoms with Crippen LogP contribution in [0.25, 0.3) is 0 Å². The minimum atomic E-state index is -1.52. The second-order valence-electron chi connectivity index (χ2n) is 16.4. The van der Waals surface area contributed by atoms with Crippen LogP contribution in [0, 0.1) is 11.8 Å². The molecule has 16 heteroatoms. The molecule has 9 unspecified atom stereocenters. The number of nitrogens with one attached hydrogen (secondary N) is 5. The number of hydrogen-bond donors (Lipinski definition) is 6. The predicted molar refractivity (Wildman–Crippen MR) is 222 cm³/mol. The Bertz CT molecular complexity index is 1880. The van der Waals surface area contributed by atoms with E-state index in [9.17, 15) is 38.4 Å². The molecule has 0 radical (unpaired) electrons. The Hall–Kier alpha value is -5.80. The third-order valence-electron chi connectivity index (χ3n) is 12.1. The van der Waals surface area contributed by atoms with Gasteiger partial charge in [-0.1, -0.05) is 101 Å². The highest BCUT2D eigenvalue weighted by Gasteiger charge is 2.43. The lowest BCUT2D eigenvalue weighted by atomic mass is 9.96. The fourth-order valence-electron chi connectivity index (χ4n) is 8.21. The molecule has 0 bridgehead atoms. The standard InChI is InChI=1S/C44H60N8O8/c1-5-26(3)36-41(57)46-30(25-35(45)53)38(54)47-31(23-28-15-9-7-10-16-28)43(59)51-21-13-19-33(51)40(56)50-37(27(4)6-2)42(58)48-32(24-29-17-11-8-12-18-29)44(60)52-22-14-20-34(52)39(55)49-36/h7-12,15-18,26-27,30-34,36-37H,5-6,13-14,19-25H2,1-4H3,(H2,45,53)(H,46,57)(H,47,54)(H,48,58)(H,49,55)(H,50,56). The van der Waals surface area contributed by atoms with Crippen molar-refractivity contribution in [2.45, 2.75) is 128 Å². The number of primary amides is 1. The first-order chi connectivity index (χ1) is 28.7. The average Bonchev–Trinajstić information content (AvgIpc) is 3.94. The van der Waals surface area contributed by atoms with Crippen LogP contribution in [0.3, 0.4) is 0 Å². The lowest BCUT2D eigenvalue weighted by molar-refractivity contribution is -0.143. The molecule has 0 spiro atoms. The molecule has 2 aromatic carbocycles. The van der Waals surface area contributed by atoms with Gasteiger partial charge in [-0.2, -0.15) is 0 Å². The van der Waals surface area contributed by atoms with Gasteiger partial charge < -0.3 is 42.1 Å². The van der Waals surface area contributed by atoms with Gasteiger partial charge in [-0.15, -0.1) is 0 Å². The lowest BCUT2D eigenvalue weighted by Gasteiger charge is -2.33. The Kier molecular flexibility index (Phi) is 15.8. The fourth-order valence-corrected chi connectivity index (χ4v) is 8.21. The number of carbonyl (C=O) groups excluding carboxylic acids is 8. The quantitative estimate of drug-likeness (QED) is 0.201. The largest absolute Gasteiger partial charge is 0.370 e. The summed E-state index contributed by atoms with van der Waals surface area (Å²) in [6, 6.07) is 9.98. The highest BCUT2D eigenvalue weighted by Crippen LogP contribution is 2.24. The van der Waals surface area contributed by atoms with Gasteiger partial charge in [0.05, 0.1) is 6.42 Å². The zero-order valence-corrected chi connectivity index (χ0v) is 35.0. The smallest absolute Gasteiger partial charge is 0.246 e. The van der Waals surface area contributed by atoms with Gasteiger partial charge in [0.1, 0.15) is 42.3 Å². The molecule has 5 rings (SSSR count). The molecule has 3 aliphatic heterocycles. The van der Waals surface area contributed by atoms with E-state index in [1.807, 2.05) is 51.1 Å². The van der Waals surface area contributed by atoms with E-state index in [1.165, 1.54) is 9.80 Å². The second-order valence-corrected chi connectivity index (χ2v) is 16.4. The second kappa shape index (κ2) is 20.9.